The molecule has 1 unspecified atom stereocenters. The lowest BCUT2D eigenvalue weighted by Crippen LogP contribution is -2.32. The molecule has 0 spiro atoms. The fraction of sp³-hybridized carbons (Fsp3) is 0.429. The van der Waals surface area contributed by atoms with Gasteiger partial charge in [0, 0.05) is 12.6 Å². The van der Waals surface area contributed by atoms with Gasteiger partial charge in [-0.25, -0.2) is 0 Å². The van der Waals surface area contributed by atoms with Gasteiger partial charge in [0.15, 0.2) is 5.43 Å². The third-order valence-electron chi connectivity index (χ3n) is 6.35. The lowest BCUT2D eigenvalue weighted by atomic mass is 9.86. The average molecular weight is 463 g/mol. The van der Waals surface area contributed by atoms with Gasteiger partial charge in [0.2, 0.25) is 5.76 Å². The second kappa shape index (κ2) is 9.26. The van der Waals surface area contributed by atoms with E-state index >= 15 is 0 Å². The van der Waals surface area contributed by atoms with Gasteiger partial charge in [-0.3, -0.25) is 9.59 Å². The van der Waals surface area contributed by atoms with Crippen LogP contribution in [0.25, 0.3) is 11.0 Å². The van der Waals surface area contributed by atoms with E-state index in [4.69, 9.17) is 9.15 Å². The van der Waals surface area contributed by atoms with Crippen molar-refractivity contribution < 1.29 is 13.9 Å². The van der Waals surface area contributed by atoms with Crippen molar-refractivity contribution in [3.8, 4) is 5.75 Å². The van der Waals surface area contributed by atoms with Gasteiger partial charge in [0.25, 0.3) is 5.91 Å². The molecular formula is C28H34N2O4. The molecule has 1 aliphatic heterocycles. The van der Waals surface area contributed by atoms with Gasteiger partial charge in [-0.2, -0.15) is 0 Å². The zero-order chi connectivity index (χ0) is 24.6. The molecule has 2 aromatic carbocycles. The lowest BCUT2D eigenvalue weighted by Gasteiger charge is -2.26. The highest BCUT2D eigenvalue weighted by atomic mass is 16.5. The number of carbonyl (C=O) groups excluding carboxylic acids is 1. The third-order valence-corrected chi connectivity index (χ3v) is 6.35. The SMILES string of the molecule is CCOc1ccc2c(=O)c3c(oc2c1)C(=O)N(CCCN(C)C)C3c1ccc(C(C)(C)C)cc1. The average Bonchev–Trinajstić information content (AvgIpc) is 3.05. The van der Waals surface area contributed by atoms with Crippen molar-refractivity contribution in [1.82, 2.24) is 9.80 Å². The summed E-state index contributed by atoms with van der Waals surface area (Å²) in [5, 5.41) is 0.460. The molecule has 2 heterocycles. The van der Waals surface area contributed by atoms with Gasteiger partial charge in [0.1, 0.15) is 11.3 Å². The number of amides is 1. The summed E-state index contributed by atoms with van der Waals surface area (Å²) in [4.78, 5) is 31.1. The van der Waals surface area contributed by atoms with Crippen molar-refractivity contribution in [3.05, 3.63) is 75.1 Å². The summed E-state index contributed by atoms with van der Waals surface area (Å²) < 4.78 is 11.7. The van der Waals surface area contributed by atoms with E-state index in [1.165, 1.54) is 5.56 Å². The molecule has 0 saturated carbocycles. The number of rotatable bonds is 7. The van der Waals surface area contributed by atoms with E-state index in [0.717, 1.165) is 18.5 Å². The lowest BCUT2D eigenvalue weighted by molar-refractivity contribution is 0.0722. The molecule has 6 nitrogen and oxygen atoms in total. The van der Waals surface area contributed by atoms with E-state index in [9.17, 15) is 9.59 Å². The van der Waals surface area contributed by atoms with Crippen LogP contribution in [0.5, 0.6) is 5.75 Å². The predicted molar refractivity (Wildman–Crippen MR) is 135 cm³/mol. The summed E-state index contributed by atoms with van der Waals surface area (Å²) in [6.07, 6.45) is 0.797. The third kappa shape index (κ3) is 4.47. The minimum absolute atomic E-state index is 0.0147. The van der Waals surface area contributed by atoms with Crippen LogP contribution >= 0.6 is 0 Å². The maximum absolute atomic E-state index is 13.7. The molecule has 1 aliphatic rings. The Morgan fingerprint density at radius 2 is 1.76 bits per heavy atom. The van der Waals surface area contributed by atoms with E-state index in [-0.39, 0.29) is 22.5 Å². The Balaban J connectivity index is 1.84. The number of fused-ring (bicyclic) bond motifs is 2. The fourth-order valence-electron chi connectivity index (χ4n) is 4.55. The van der Waals surface area contributed by atoms with E-state index in [0.29, 0.717) is 35.4 Å². The molecule has 34 heavy (non-hydrogen) atoms. The van der Waals surface area contributed by atoms with Gasteiger partial charge in [0.05, 0.1) is 23.6 Å². The van der Waals surface area contributed by atoms with Crippen LogP contribution in [0.15, 0.2) is 51.7 Å². The zero-order valence-electron chi connectivity index (χ0n) is 21.0. The highest BCUT2D eigenvalue weighted by Crippen LogP contribution is 2.39. The molecule has 1 atom stereocenters. The zero-order valence-corrected chi connectivity index (χ0v) is 21.0. The van der Waals surface area contributed by atoms with Gasteiger partial charge in [-0.05, 0) is 62.7 Å². The summed E-state index contributed by atoms with van der Waals surface area (Å²) in [6, 6.07) is 13.0. The monoisotopic (exact) mass is 462 g/mol. The number of hydrogen-bond acceptors (Lipinski definition) is 5. The Hall–Kier alpha value is -3.12. The second-order valence-electron chi connectivity index (χ2n) is 10.2. The van der Waals surface area contributed by atoms with Crippen molar-refractivity contribution in [3.63, 3.8) is 0 Å². The fourth-order valence-corrected chi connectivity index (χ4v) is 4.55. The number of ether oxygens (including phenoxy) is 1. The molecule has 0 saturated heterocycles. The Kier molecular flexibility index (Phi) is 6.54. The Morgan fingerprint density at radius 3 is 2.38 bits per heavy atom. The molecule has 1 amide bonds. The van der Waals surface area contributed by atoms with Gasteiger partial charge in [-0.1, -0.05) is 45.0 Å². The van der Waals surface area contributed by atoms with Crippen molar-refractivity contribution in [2.24, 2.45) is 0 Å². The van der Waals surface area contributed by atoms with Crippen LogP contribution in [-0.2, 0) is 5.41 Å². The van der Waals surface area contributed by atoms with Crippen molar-refractivity contribution >= 4 is 16.9 Å². The van der Waals surface area contributed by atoms with Crippen LogP contribution < -0.4 is 10.2 Å². The van der Waals surface area contributed by atoms with Crippen LogP contribution in [0.3, 0.4) is 0 Å². The molecule has 4 rings (SSSR count). The molecule has 6 heteroatoms. The first kappa shape index (κ1) is 24.0. The minimum atomic E-state index is -0.467. The first-order valence-electron chi connectivity index (χ1n) is 11.9. The van der Waals surface area contributed by atoms with E-state index < -0.39 is 6.04 Å². The molecule has 0 N–H and O–H groups in total. The van der Waals surface area contributed by atoms with Crippen LogP contribution in [0.1, 0.15) is 67.4 Å². The summed E-state index contributed by atoms with van der Waals surface area (Å²) >= 11 is 0. The summed E-state index contributed by atoms with van der Waals surface area (Å²) in [5.41, 5.74) is 2.78. The predicted octanol–water partition coefficient (Wildman–Crippen LogP) is 4.99. The number of benzene rings is 2. The van der Waals surface area contributed by atoms with Gasteiger partial charge < -0.3 is 19.0 Å². The second-order valence-corrected chi connectivity index (χ2v) is 10.2. The van der Waals surface area contributed by atoms with Crippen molar-refractivity contribution in [2.45, 2.75) is 45.6 Å². The number of nitrogens with zero attached hydrogens (tertiary/aromatic N) is 2. The largest absolute Gasteiger partial charge is 0.494 e. The van der Waals surface area contributed by atoms with Crippen LogP contribution in [0.4, 0.5) is 0 Å². The van der Waals surface area contributed by atoms with Crippen LogP contribution in [0, 0.1) is 0 Å². The van der Waals surface area contributed by atoms with Crippen molar-refractivity contribution in [1.29, 1.82) is 0 Å². The Morgan fingerprint density at radius 1 is 1.06 bits per heavy atom. The molecule has 3 aromatic rings. The quantitative estimate of drug-likeness (QED) is 0.495. The molecule has 180 valence electrons. The first-order chi connectivity index (χ1) is 16.1. The Labute approximate surface area is 201 Å². The highest BCUT2D eigenvalue weighted by Gasteiger charge is 2.42. The topological polar surface area (TPSA) is 63.0 Å². The maximum atomic E-state index is 13.7. The molecule has 0 radical (unpaired) electrons. The summed E-state index contributed by atoms with van der Waals surface area (Å²) in [7, 11) is 4.02. The molecule has 1 aromatic heterocycles. The standard InChI is InChI=1S/C28H34N2O4/c1-7-33-20-13-14-21-22(17-20)34-26-23(25(21)31)24(30(27(26)32)16-8-15-29(5)6)18-9-11-19(12-10-18)28(2,3)4/h9-14,17,24H,7-8,15-16H2,1-6H3. The number of carbonyl (C=O) groups is 1. The summed E-state index contributed by atoms with van der Waals surface area (Å²) in [6.45, 7) is 10.3. The minimum Gasteiger partial charge on any atom is -0.494 e. The Bertz CT molecular complexity index is 1250. The van der Waals surface area contributed by atoms with Gasteiger partial charge in [-0.15, -0.1) is 0 Å². The van der Waals surface area contributed by atoms with Crippen LogP contribution in [-0.4, -0.2) is 49.5 Å². The van der Waals surface area contributed by atoms with Crippen LogP contribution in [0.2, 0.25) is 0 Å². The molecule has 0 bridgehead atoms. The van der Waals surface area contributed by atoms with Gasteiger partial charge >= 0.3 is 0 Å². The maximum Gasteiger partial charge on any atom is 0.290 e. The molecule has 0 aliphatic carbocycles. The number of hydrogen-bond donors (Lipinski definition) is 0. The smallest absolute Gasteiger partial charge is 0.290 e. The normalized spacial score (nSPS) is 15.9. The van der Waals surface area contributed by atoms with E-state index in [1.54, 1.807) is 23.1 Å². The van der Waals surface area contributed by atoms with Crippen molar-refractivity contribution in [2.75, 3.05) is 33.8 Å². The highest BCUT2D eigenvalue weighted by molar-refractivity contribution is 5.99. The van der Waals surface area contributed by atoms with E-state index in [2.05, 4.69) is 37.8 Å². The first-order valence-corrected chi connectivity index (χ1v) is 11.9. The summed E-state index contributed by atoms with van der Waals surface area (Å²) in [5.74, 6) is 0.515. The molecule has 0 fully saturated rings. The van der Waals surface area contributed by atoms with E-state index in [1.807, 2.05) is 33.2 Å². The molecular weight excluding hydrogens is 428 g/mol.